The highest BCUT2D eigenvalue weighted by molar-refractivity contribution is 5.34. The first-order valence-electron chi connectivity index (χ1n) is 5.18. The minimum atomic E-state index is -0.700. The Morgan fingerprint density at radius 3 is 3.00 bits per heavy atom. The summed E-state index contributed by atoms with van der Waals surface area (Å²) < 4.78 is 14.4. The first kappa shape index (κ1) is 11.5. The highest BCUT2D eigenvalue weighted by atomic mass is 19.1. The molecule has 1 unspecified atom stereocenters. The molecule has 90 valence electrons. The van der Waals surface area contributed by atoms with Crippen molar-refractivity contribution in [3.8, 4) is 0 Å². The Labute approximate surface area is 97.9 Å². The zero-order chi connectivity index (χ0) is 12.3. The Morgan fingerprint density at radius 1 is 1.53 bits per heavy atom. The first-order chi connectivity index (χ1) is 8.15. The second-order valence-electron chi connectivity index (χ2n) is 3.69. The molecule has 2 aromatic rings. The number of rotatable bonds is 4. The number of aliphatic hydroxyl groups excluding tert-OH is 1. The van der Waals surface area contributed by atoms with Crippen LogP contribution >= 0.6 is 0 Å². The highest BCUT2D eigenvalue weighted by Crippen LogP contribution is 2.12. The van der Waals surface area contributed by atoms with Crippen LogP contribution in [0.5, 0.6) is 0 Å². The number of anilines is 1. The van der Waals surface area contributed by atoms with Crippen molar-refractivity contribution in [2.24, 2.45) is 7.05 Å². The fraction of sp³-hybridized carbons (Fsp3) is 0.273. The summed E-state index contributed by atoms with van der Waals surface area (Å²) in [5, 5.41) is 16.6. The van der Waals surface area contributed by atoms with Gasteiger partial charge in [0.05, 0.1) is 12.3 Å². The van der Waals surface area contributed by atoms with E-state index >= 15 is 0 Å². The van der Waals surface area contributed by atoms with Gasteiger partial charge < -0.3 is 10.4 Å². The molecule has 0 aliphatic heterocycles. The highest BCUT2D eigenvalue weighted by Gasteiger charge is 2.09. The molecule has 0 radical (unpaired) electrons. The Hall–Kier alpha value is -1.95. The molecule has 0 bridgehead atoms. The maximum absolute atomic E-state index is 12.8. The van der Waals surface area contributed by atoms with E-state index < -0.39 is 12.1 Å². The van der Waals surface area contributed by atoms with Crippen molar-refractivity contribution in [3.63, 3.8) is 0 Å². The molecule has 0 amide bonds. The zero-order valence-electron chi connectivity index (χ0n) is 9.34. The van der Waals surface area contributed by atoms with E-state index in [1.807, 2.05) is 0 Å². The van der Waals surface area contributed by atoms with Crippen LogP contribution in [0.4, 0.5) is 10.2 Å². The molecule has 2 heterocycles. The molecule has 2 aromatic heterocycles. The maximum atomic E-state index is 12.8. The second-order valence-corrected chi connectivity index (χ2v) is 3.69. The third-order valence-electron chi connectivity index (χ3n) is 2.30. The Balaban J connectivity index is 1.94. The van der Waals surface area contributed by atoms with E-state index in [1.54, 1.807) is 36.3 Å². The smallest absolute Gasteiger partial charge is 0.214 e. The van der Waals surface area contributed by atoms with Gasteiger partial charge in [-0.15, -0.1) is 0 Å². The summed E-state index contributed by atoms with van der Waals surface area (Å²) in [7, 11) is 1.78. The molecule has 0 saturated heterocycles. The van der Waals surface area contributed by atoms with Gasteiger partial charge in [-0.05, 0) is 12.1 Å². The molecule has 5 nitrogen and oxygen atoms in total. The van der Waals surface area contributed by atoms with Crippen LogP contribution in [-0.4, -0.2) is 26.4 Å². The number of aromatic nitrogens is 3. The quantitative estimate of drug-likeness (QED) is 0.780. The number of nitrogens with one attached hydrogen (secondary N) is 1. The van der Waals surface area contributed by atoms with Gasteiger partial charge in [0.1, 0.15) is 5.82 Å². The third kappa shape index (κ3) is 3.01. The Morgan fingerprint density at radius 2 is 2.35 bits per heavy atom. The van der Waals surface area contributed by atoms with Gasteiger partial charge in [0, 0.05) is 25.4 Å². The lowest BCUT2D eigenvalue weighted by Crippen LogP contribution is -2.12. The van der Waals surface area contributed by atoms with Crippen LogP contribution in [0.1, 0.15) is 11.7 Å². The Kier molecular flexibility index (Phi) is 3.34. The van der Waals surface area contributed by atoms with Crippen LogP contribution in [0, 0.1) is 5.95 Å². The number of aliphatic hydroxyl groups is 1. The summed E-state index contributed by atoms with van der Waals surface area (Å²) in [6, 6.07) is 4.46. The van der Waals surface area contributed by atoms with Crippen LogP contribution in [0.2, 0.25) is 0 Å². The van der Waals surface area contributed by atoms with Crippen molar-refractivity contribution in [2.45, 2.75) is 6.10 Å². The van der Waals surface area contributed by atoms with Gasteiger partial charge in [-0.2, -0.15) is 9.49 Å². The lowest BCUT2D eigenvalue weighted by Gasteiger charge is -2.10. The standard InChI is InChI=1S/C11H13FN4O/c1-16-7-8(5-14-16)9(17)6-13-11-4-2-3-10(12)15-11/h2-5,7,9,17H,6H2,1H3,(H,13,15). The van der Waals surface area contributed by atoms with E-state index in [0.717, 1.165) is 0 Å². The largest absolute Gasteiger partial charge is 0.386 e. The lowest BCUT2D eigenvalue weighted by atomic mass is 10.2. The molecule has 0 aliphatic carbocycles. The monoisotopic (exact) mass is 236 g/mol. The summed E-state index contributed by atoms with van der Waals surface area (Å²) in [6.07, 6.45) is 2.62. The summed E-state index contributed by atoms with van der Waals surface area (Å²) in [5.74, 6) is -0.154. The van der Waals surface area contributed by atoms with Gasteiger partial charge in [0.2, 0.25) is 5.95 Å². The van der Waals surface area contributed by atoms with Crippen molar-refractivity contribution >= 4 is 5.82 Å². The maximum Gasteiger partial charge on any atom is 0.214 e. The van der Waals surface area contributed by atoms with Gasteiger partial charge in [0.25, 0.3) is 0 Å². The normalized spacial score (nSPS) is 12.4. The zero-order valence-corrected chi connectivity index (χ0v) is 9.34. The van der Waals surface area contributed by atoms with E-state index in [1.165, 1.54) is 6.07 Å². The molecule has 0 aliphatic rings. The van der Waals surface area contributed by atoms with Gasteiger partial charge in [0.15, 0.2) is 0 Å². The van der Waals surface area contributed by atoms with Crippen molar-refractivity contribution in [3.05, 3.63) is 42.1 Å². The number of halogens is 1. The van der Waals surface area contributed by atoms with E-state index in [9.17, 15) is 9.50 Å². The summed E-state index contributed by atoms with van der Waals surface area (Å²) in [5.41, 5.74) is 0.705. The molecular weight excluding hydrogens is 223 g/mol. The second kappa shape index (κ2) is 4.92. The average molecular weight is 236 g/mol. The van der Waals surface area contributed by atoms with Crippen LogP contribution in [0.25, 0.3) is 0 Å². The molecule has 0 spiro atoms. The van der Waals surface area contributed by atoms with Gasteiger partial charge in [-0.3, -0.25) is 4.68 Å². The van der Waals surface area contributed by atoms with Crippen molar-refractivity contribution in [2.75, 3.05) is 11.9 Å². The molecule has 1 atom stereocenters. The molecule has 2 N–H and O–H groups in total. The number of hydrogen-bond acceptors (Lipinski definition) is 4. The molecule has 0 saturated carbocycles. The summed E-state index contributed by atoms with van der Waals surface area (Å²) in [6.45, 7) is 0.252. The van der Waals surface area contributed by atoms with Crippen LogP contribution < -0.4 is 5.32 Å². The number of nitrogens with zero attached hydrogens (tertiary/aromatic N) is 3. The average Bonchev–Trinajstić information content (AvgIpc) is 2.73. The third-order valence-corrected chi connectivity index (χ3v) is 2.30. The molecular formula is C11H13FN4O. The van der Waals surface area contributed by atoms with E-state index in [-0.39, 0.29) is 6.54 Å². The van der Waals surface area contributed by atoms with E-state index in [2.05, 4.69) is 15.4 Å². The predicted molar refractivity (Wildman–Crippen MR) is 60.9 cm³/mol. The summed E-state index contributed by atoms with van der Waals surface area (Å²) >= 11 is 0. The van der Waals surface area contributed by atoms with Gasteiger partial charge in [-0.25, -0.2) is 4.98 Å². The Bertz CT molecular complexity index is 500. The number of hydrogen-bond donors (Lipinski definition) is 2. The van der Waals surface area contributed by atoms with E-state index in [0.29, 0.717) is 11.4 Å². The lowest BCUT2D eigenvalue weighted by molar-refractivity contribution is 0.191. The predicted octanol–water partition coefficient (Wildman–Crippen LogP) is 1.10. The topological polar surface area (TPSA) is 63.0 Å². The molecule has 2 rings (SSSR count). The minimum Gasteiger partial charge on any atom is -0.386 e. The summed E-state index contributed by atoms with van der Waals surface area (Å²) in [4.78, 5) is 3.63. The minimum absolute atomic E-state index is 0.252. The van der Waals surface area contributed by atoms with Crippen LogP contribution in [-0.2, 0) is 7.05 Å². The van der Waals surface area contributed by atoms with Crippen LogP contribution in [0.3, 0.4) is 0 Å². The fourth-order valence-electron chi connectivity index (χ4n) is 1.44. The molecule has 0 fully saturated rings. The van der Waals surface area contributed by atoms with Crippen LogP contribution in [0.15, 0.2) is 30.6 Å². The number of aryl methyl sites for hydroxylation is 1. The fourth-order valence-corrected chi connectivity index (χ4v) is 1.44. The van der Waals surface area contributed by atoms with E-state index in [4.69, 9.17) is 0 Å². The number of pyridine rings is 1. The van der Waals surface area contributed by atoms with Crippen molar-refractivity contribution in [1.29, 1.82) is 0 Å². The molecule has 6 heteroatoms. The van der Waals surface area contributed by atoms with Crippen molar-refractivity contribution in [1.82, 2.24) is 14.8 Å². The van der Waals surface area contributed by atoms with Crippen molar-refractivity contribution < 1.29 is 9.50 Å². The molecule has 17 heavy (non-hydrogen) atoms. The molecule has 0 aromatic carbocycles. The first-order valence-corrected chi connectivity index (χ1v) is 5.18. The SMILES string of the molecule is Cn1cc(C(O)CNc2cccc(F)n2)cn1. The van der Waals surface area contributed by atoms with Gasteiger partial charge >= 0.3 is 0 Å². The van der Waals surface area contributed by atoms with Gasteiger partial charge in [-0.1, -0.05) is 6.07 Å².